The Hall–Kier alpha value is -3.57. The van der Waals surface area contributed by atoms with Crippen molar-refractivity contribution in [1.29, 1.82) is 0 Å². The van der Waals surface area contributed by atoms with Crippen molar-refractivity contribution in [3.05, 3.63) is 99.1 Å². The van der Waals surface area contributed by atoms with E-state index in [2.05, 4.69) is 20.8 Å². The predicted octanol–water partition coefficient (Wildman–Crippen LogP) is 6.89. The Balaban J connectivity index is 1.95. The van der Waals surface area contributed by atoms with Crippen LogP contribution in [0.3, 0.4) is 0 Å². The Morgan fingerprint density at radius 1 is 0.944 bits per heavy atom. The van der Waals surface area contributed by atoms with Gasteiger partial charge in [0.25, 0.3) is 11.7 Å². The number of benzene rings is 3. The van der Waals surface area contributed by atoms with Crippen LogP contribution in [0.1, 0.15) is 54.6 Å². The molecule has 1 heterocycles. The van der Waals surface area contributed by atoms with Gasteiger partial charge in [0.05, 0.1) is 18.7 Å². The number of aryl methyl sites for hydroxylation is 2. The van der Waals surface area contributed by atoms with Gasteiger partial charge in [0.15, 0.2) is 0 Å². The predicted molar refractivity (Wildman–Crippen MR) is 144 cm³/mol. The number of ketones is 1. The van der Waals surface area contributed by atoms with Crippen molar-refractivity contribution in [2.75, 3.05) is 12.0 Å². The summed E-state index contributed by atoms with van der Waals surface area (Å²) in [6.45, 7) is 10.1. The number of hydrogen-bond acceptors (Lipinski definition) is 4. The summed E-state index contributed by atoms with van der Waals surface area (Å²) in [5.41, 5.74) is 4.39. The van der Waals surface area contributed by atoms with Crippen LogP contribution in [0.2, 0.25) is 5.02 Å². The Kier molecular flexibility index (Phi) is 6.72. The number of amides is 1. The van der Waals surface area contributed by atoms with Crippen LogP contribution in [0.5, 0.6) is 5.75 Å². The van der Waals surface area contributed by atoms with Crippen LogP contribution in [0.15, 0.2) is 66.2 Å². The van der Waals surface area contributed by atoms with Gasteiger partial charge in [-0.05, 0) is 77.9 Å². The molecule has 6 heteroatoms. The van der Waals surface area contributed by atoms with E-state index in [9.17, 15) is 14.7 Å². The van der Waals surface area contributed by atoms with Crippen LogP contribution in [0, 0.1) is 13.8 Å². The van der Waals surface area contributed by atoms with E-state index in [0.717, 1.165) is 22.3 Å². The largest absolute Gasteiger partial charge is 0.507 e. The second-order valence-electron chi connectivity index (χ2n) is 10.2. The fraction of sp³-hybridized carbons (Fsp3) is 0.267. The van der Waals surface area contributed by atoms with Crippen molar-refractivity contribution in [3.63, 3.8) is 0 Å². The number of ether oxygens (including phenoxy) is 1. The molecule has 0 aliphatic carbocycles. The summed E-state index contributed by atoms with van der Waals surface area (Å²) < 4.78 is 5.33. The molecule has 1 N–H and O–H groups in total. The minimum atomic E-state index is -0.804. The molecule has 3 aromatic rings. The van der Waals surface area contributed by atoms with Crippen molar-refractivity contribution in [2.45, 2.75) is 46.1 Å². The van der Waals surface area contributed by atoms with Crippen molar-refractivity contribution >= 4 is 34.7 Å². The number of carbonyl (C=O) groups excluding carboxylic acids is 2. The van der Waals surface area contributed by atoms with Gasteiger partial charge < -0.3 is 9.84 Å². The summed E-state index contributed by atoms with van der Waals surface area (Å²) in [6.07, 6.45) is 0. The van der Waals surface area contributed by atoms with E-state index < -0.39 is 17.7 Å². The van der Waals surface area contributed by atoms with E-state index in [-0.39, 0.29) is 16.7 Å². The molecule has 0 radical (unpaired) electrons. The number of hydrogen-bond donors (Lipinski definition) is 1. The van der Waals surface area contributed by atoms with Gasteiger partial charge in [0.2, 0.25) is 0 Å². The first-order valence-electron chi connectivity index (χ1n) is 11.8. The molecule has 1 aliphatic rings. The average Bonchev–Trinajstić information content (AvgIpc) is 3.08. The minimum absolute atomic E-state index is 0.0439. The smallest absolute Gasteiger partial charge is 0.300 e. The van der Waals surface area contributed by atoms with E-state index in [1.54, 1.807) is 43.5 Å². The lowest BCUT2D eigenvalue weighted by atomic mass is 9.85. The molecule has 1 saturated heterocycles. The summed E-state index contributed by atoms with van der Waals surface area (Å²) in [7, 11) is 1.57. The van der Waals surface area contributed by atoms with Crippen LogP contribution in [-0.4, -0.2) is 23.9 Å². The zero-order chi connectivity index (χ0) is 26.4. The lowest BCUT2D eigenvalue weighted by molar-refractivity contribution is -0.132. The van der Waals surface area contributed by atoms with Gasteiger partial charge in [-0.3, -0.25) is 14.5 Å². The molecule has 1 unspecified atom stereocenters. The summed E-state index contributed by atoms with van der Waals surface area (Å²) in [5.74, 6) is -0.992. The molecule has 0 bridgehead atoms. The first kappa shape index (κ1) is 25.5. The summed E-state index contributed by atoms with van der Waals surface area (Å²) >= 11 is 6.17. The fourth-order valence-electron chi connectivity index (χ4n) is 4.63. The van der Waals surface area contributed by atoms with E-state index in [1.807, 2.05) is 38.1 Å². The highest BCUT2D eigenvalue weighted by Crippen LogP contribution is 2.44. The maximum absolute atomic E-state index is 13.4. The summed E-state index contributed by atoms with van der Waals surface area (Å²) in [6, 6.07) is 17.4. The van der Waals surface area contributed by atoms with E-state index >= 15 is 0 Å². The molecular formula is C30H30ClNO4. The SMILES string of the molecule is COc1ccc(/C(O)=C2\C(=O)C(=O)N(c3ccc(Cl)cc3C)C2c2ccc(C(C)(C)C)cc2)cc1C. The first-order chi connectivity index (χ1) is 16.9. The van der Waals surface area contributed by atoms with Gasteiger partial charge in [0, 0.05) is 16.3 Å². The Morgan fingerprint density at radius 2 is 1.61 bits per heavy atom. The molecule has 0 spiro atoms. The monoisotopic (exact) mass is 503 g/mol. The van der Waals surface area contributed by atoms with Gasteiger partial charge in [-0.1, -0.05) is 56.6 Å². The third kappa shape index (κ3) is 4.51. The zero-order valence-electron chi connectivity index (χ0n) is 21.3. The molecule has 4 rings (SSSR count). The standard InChI is InChI=1S/C30H30ClNO4/c1-17-16-22(31)12-13-23(17)32-26(19-7-10-21(11-8-19)30(3,4)5)25(28(34)29(32)35)27(33)20-9-14-24(36-6)18(2)15-20/h7-16,26,33H,1-6H3/b27-25+. The van der Waals surface area contributed by atoms with Gasteiger partial charge in [-0.25, -0.2) is 0 Å². The van der Waals surface area contributed by atoms with Gasteiger partial charge >= 0.3 is 0 Å². The lowest BCUT2D eigenvalue weighted by Gasteiger charge is -2.28. The van der Waals surface area contributed by atoms with Gasteiger partial charge in [-0.15, -0.1) is 0 Å². The number of anilines is 1. The Morgan fingerprint density at radius 3 is 2.17 bits per heavy atom. The number of methoxy groups -OCH3 is 1. The van der Waals surface area contributed by atoms with Crippen molar-refractivity contribution in [2.24, 2.45) is 0 Å². The Labute approximate surface area is 217 Å². The van der Waals surface area contributed by atoms with Crippen LogP contribution in [0.25, 0.3) is 5.76 Å². The molecule has 3 aromatic carbocycles. The maximum Gasteiger partial charge on any atom is 0.300 e. The van der Waals surface area contributed by atoms with Crippen molar-refractivity contribution in [3.8, 4) is 5.75 Å². The van der Waals surface area contributed by atoms with Gasteiger partial charge in [0.1, 0.15) is 11.5 Å². The number of halogens is 1. The van der Waals surface area contributed by atoms with Crippen LogP contribution < -0.4 is 9.64 Å². The average molecular weight is 504 g/mol. The first-order valence-corrected chi connectivity index (χ1v) is 12.1. The van der Waals surface area contributed by atoms with E-state index in [0.29, 0.717) is 22.0 Å². The third-order valence-corrected chi connectivity index (χ3v) is 6.86. The topological polar surface area (TPSA) is 66.8 Å². The molecule has 5 nitrogen and oxygen atoms in total. The number of aliphatic hydroxyl groups excluding tert-OH is 1. The zero-order valence-corrected chi connectivity index (χ0v) is 22.1. The van der Waals surface area contributed by atoms with Crippen LogP contribution in [0.4, 0.5) is 5.69 Å². The molecule has 1 fully saturated rings. The van der Waals surface area contributed by atoms with Crippen LogP contribution in [-0.2, 0) is 15.0 Å². The summed E-state index contributed by atoms with van der Waals surface area (Å²) in [5, 5.41) is 11.9. The molecule has 0 aromatic heterocycles. The van der Waals surface area contributed by atoms with E-state index in [1.165, 1.54) is 4.90 Å². The second kappa shape index (κ2) is 9.47. The molecule has 1 amide bonds. The highest BCUT2D eigenvalue weighted by atomic mass is 35.5. The maximum atomic E-state index is 13.4. The third-order valence-electron chi connectivity index (χ3n) is 6.62. The molecule has 1 aliphatic heterocycles. The molecule has 186 valence electrons. The fourth-order valence-corrected chi connectivity index (χ4v) is 4.86. The molecule has 1 atom stereocenters. The van der Waals surface area contributed by atoms with Crippen molar-refractivity contribution < 1.29 is 19.4 Å². The normalized spacial score (nSPS) is 17.5. The number of rotatable bonds is 4. The highest BCUT2D eigenvalue weighted by molar-refractivity contribution is 6.51. The van der Waals surface area contributed by atoms with Crippen LogP contribution >= 0.6 is 11.6 Å². The lowest BCUT2D eigenvalue weighted by Crippen LogP contribution is -2.30. The van der Waals surface area contributed by atoms with Crippen molar-refractivity contribution in [1.82, 2.24) is 0 Å². The quantitative estimate of drug-likeness (QED) is 0.239. The molecule has 0 saturated carbocycles. The van der Waals surface area contributed by atoms with Gasteiger partial charge in [-0.2, -0.15) is 0 Å². The van der Waals surface area contributed by atoms with E-state index in [4.69, 9.17) is 16.3 Å². The number of carbonyl (C=O) groups is 2. The number of nitrogens with zero attached hydrogens (tertiary/aromatic N) is 1. The molecular weight excluding hydrogens is 474 g/mol. The molecule has 36 heavy (non-hydrogen) atoms. The summed E-state index contributed by atoms with van der Waals surface area (Å²) in [4.78, 5) is 28.3. The number of aliphatic hydroxyl groups is 1. The minimum Gasteiger partial charge on any atom is -0.507 e. The number of Topliss-reactive ketones (excluding diaryl/α,β-unsaturated/α-hetero) is 1. The second-order valence-corrected chi connectivity index (χ2v) is 10.6. The Bertz CT molecular complexity index is 1380. The highest BCUT2D eigenvalue weighted by Gasteiger charge is 2.47.